The van der Waals surface area contributed by atoms with Crippen LogP contribution in [0.1, 0.15) is 18.5 Å². The molecule has 1 aromatic heterocycles. The Bertz CT molecular complexity index is 826. The number of hydrogen-bond donors (Lipinski definition) is 1. The lowest BCUT2D eigenvalue weighted by Gasteiger charge is -2.27. The van der Waals surface area contributed by atoms with Crippen LogP contribution >= 0.6 is 0 Å². The highest BCUT2D eigenvalue weighted by Crippen LogP contribution is 2.31. The molecule has 2 atom stereocenters. The molecule has 3 rings (SSSR count). The fourth-order valence-corrected chi connectivity index (χ4v) is 2.64. The first-order valence-corrected chi connectivity index (χ1v) is 7.05. The smallest absolute Gasteiger partial charge is 0.328 e. The van der Waals surface area contributed by atoms with Crippen LogP contribution in [-0.2, 0) is 0 Å². The number of halogens is 1. The number of nitrogens with zero attached hydrogens (tertiary/aromatic N) is 3. The molecular weight excluding hydrogens is 295 g/mol. The van der Waals surface area contributed by atoms with Crippen molar-refractivity contribution in [2.45, 2.75) is 13.0 Å². The Hall–Kier alpha value is -3.07. The van der Waals surface area contributed by atoms with E-state index in [4.69, 9.17) is 0 Å². The summed E-state index contributed by atoms with van der Waals surface area (Å²) >= 11 is 0. The van der Waals surface area contributed by atoms with Crippen LogP contribution in [-0.4, -0.2) is 16.7 Å². The summed E-state index contributed by atoms with van der Waals surface area (Å²) in [6.07, 6.45) is 3.17. The Labute approximate surface area is 132 Å². The third-order valence-corrected chi connectivity index (χ3v) is 3.80. The van der Waals surface area contributed by atoms with Crippen LogP contribution in [0.15, 0.2) is 47.7 Å². The van der Waals surface area contributed by atoms with Crippen LogP contribution < -0.4 is 5.32 Å². The van der Waals surface area contributed by atoms with Crippen molar-refractivity contribution >= 4 is 11.7 Å². The van der Waals surface area contributed by atoms with Crippen molar-refractivity contribution in [2.75, 3.05) is 0 Å². The number of carbonyl (C=O) groups excluding carboxylic acids is 1. The molecule has 114 valence electrons. The first-order chi connectivity index (χ1) is 11.1. The maximum absolute atomic E-state index is 14.2. The molecule has 0 fully saturated rings. The number of aromatic nitrogens is 1. The lowest BCUT2D eigenvalue weighted by Crippen LogP contribution is -2.39. The van der Waals surface area contributed by atoms with Crippen molar-refractivity contribution in [1.82, 2.24) is 10.3 Å². The topological polar surface area (TPSA) is 78.1 Å². The summed E-state index contributed by atoms with van der Waals surface area (Å²) in [5.74, 6) is -0.970. The number of urea groups is 1. The molecule has 23 heavy (non-hydrogen) atoms. The molecule has 0 radical (unpaired) electrons. The van der Waals surface area contributed by atoms with Crippen LogP contribution in [0.4, 0.5) is 9.18 Å². The quantitative estimate of drug-likeness (QED) is 0.925. The number of benzene rings is 1. The van der Waals surface area contributed by atoms with E-state index in [0.717, 1.165) is 0 Å². The summed E-state index contributed by atoms with van der Waals surface area (Å²) in [7, 11) is 0. The molecule has 0 saturated carbocycles. The molecule has 2 heterocycles. The number of nitrogens with one attached hydrogen (secondary N) is 1. The van der Waals surface area contributed by atoms with Gasteiger partial charge >= 0.3 is 6.03 Å². The molecule has 1 aliphatic rings. The summed E-state index contributed by atoms with van der Waals surface area (Å²) in [6.45, 7) is 1.64. The summed E-state index contributed by atoms with van der Waals surface area (Å²) < 4.78 is 14.2. The monoisotopic (exact) mass is 308 g/mol. The number of pyridine rings is 1. The normalized spacial score (nSPS) is 20.4. The maximum Gasteiger partial charge on any atom is 0.341 e. The van der Waals surface area contributed by atoms with Gasteiger partial charge in [0.1, 0.15) is 11.7 Å². The van der Waals surface area contributed by atoms with Gasteiger partial charge < -0.3 is 5.32 Å². The minimum atomic E-state index is -0.583. The van der Waals surface area contributed by atoms with Crippen molar-refractivity contribution in [1.29, 1.82) is 5.26 Å². The molecule has 1 aliphatic heterocycles. The summed E-state index contributed by atoms with van der Waals surface area (Å²) in [5.41, 5.74) is 2.11. The number of aliphatic imine (C=N–C) groups is 1. The maximum atomic E-state index is 14.2. The average Bonchev–Trinajstić information content (AvgIpc) is 2.55. The highest BCUT2D eigenvalue weighted by molar-refractivity contribution is 5.99. The highest BCUT2D eigenvalue weighted by Gasteiger charge is 2.31. The Morgan fingerprint density at radius 3 is 2.87 bits per heavy atom. The summed E-state index contributed by atoms with van der Waals surface area (Å²) in [4.78, 5) is 19.4. The van der Waals surface area contributed by atoms with Gasteiger partial charge in [0.15, 0.2) is 0 Å². The van der Waals surface area contributed by atoms with Crippen molar-refractivity contribution in [2.24, 2.45) is 10.9 Å². The lowest BCUT2D eigenvalue weighted by atomic mass is 9.88. The Kier molecular flexibility index (Phi) is 3.85. The van der Waals surface area contributed by atoms with Gasteiger partial charge in [-0.05, 0) is 30.7 Å². The first-order valence-electron chi connectivity index (χ1n) is 7.05. The zero-order valence-electron chi connectivity index (χ0n) is 12.3. The fourth-order valence-electron chi connectivity index (χ4n) is 2.64. The molecule has 0 spiro atoms. The summed E-state index contributed by atoms with van der Waals surface area (Å²) in [5, 5.41) is 12.0. The van der Waals surface area contributed by atoms with Crippen LogP contribution in [0.25, 0.3) is 11.1 Å². The molecule has 0 bridgehead atoms. The van der Waals surface area contributed by atoms with Crippen LogP contribution in [0.5, 0.6) is 0 Å². The van der Waals surface area contributed by atoms with Crippen molar-refractivity contribution in [3.63, 3.8) is 0 Å². The highest BCUT2D eigenvalue weighted by atomic mass is 19.1. The van der Waals surface area contributed by atoms with Gasteiger partial charge in [-0.1, -0.05) is 12.1 Å². The largest absolute Gasteiger partial charge is 0.341 e. The number of amides is 2. The van der Waals surface area contributed by atoms with Gasteiger partial charge in [0.05, 0.1) is 12.1 Å². The van der Waals surface area contributed by atoms with E-state index in [9.17, 15) is 14.4 Å². The molecular formula is C17H13FN4O. The van der Waals surface area contributed by atoms with E-state index in [0.29, 0.717) is 22.4 Å². The van der Waals surface area contributed by atoms with E-state index in [1.54, 1.807) is 43.6 Å². The number of carbonyl (C=O) groups is 1. The van der Waals surface area contributed by atoms with Gasteiger partial charge in [0.2, 0.25) is 0 Å². The van der Waals surface area contributed by atoms with Crippen molar-refractivity contribution in [3.05, 3.63) is 54.1 Å². The molecule has 2 amide bonds. The second-order valence-corrected chi connectivity index (χ2v) is 5.27. The van der Waals surface area contributed by atoms with Gasteiger partial charge in [-0.15, -0.1) is 0 Å². The minimum absolute atomic E-state index is 0.377. The van der Waals surface area contributed by atoms with E-state index in [-0.39, 0.29) is 5.82 Å². The minimum Gasteiger partial charge on any atom is -0.328 e. The molecule has 0 aliphatic carbocycles. The molecule has 0 saturated heterocycles. The van der Waals surface area contributed by atoms with Gasteiger partial charge in [-0.3, -0.25) is 4.98 Å². The Morgan fingerprint density at radius 1 is 1.35 bits per heavy atom. The molecule has 6 heteroatoms. The average molecular weight is 308 g/mol. The molecule has 1 N–H and O–H groups in total. The fraction of sp³-hybridized carbons (Fsp3) is 0.176. The van der Waals surface area contributed by atoms with Gasteiger partial charge in [-0.2, -0.15) is 5.26 Å². The van der Waals surface area contributed by atoms with Crippen molar-refractivity contribution < 1.29 is 9.18 Å². The van der Waals surface area contributed by atoms with Crippen LogP contribution in [0.3, 0.4) is 0 Å². The second-order valence-electron chi connectivity index (χ2n) is 5.27. The van der Waals surface area contributed by atoms with E-state index in [1.807, 2.05) is 0 Å². The van der Waals surface area contributed by atoms with E-state index in [1.165, 1.54) is 6.07 Å². The van der Waals surface area contributed by atoms with E-state index < -0.39 is 18.0 Å². The Balaban J connectivity index is 2.06. The van der Waals surface area contributed by atoms with Crippen LogP contribution in [0, 0.1) is 23.1 Å². The third-order valence-electron chi connectivity index (χ3n) is 3.80. The van der Waals surface area contributed by atoms with Gasteiger partial charge in [0.25, 0.3) is 0 Å². The molecule has 1 aromatic carbocycles. The predicted molar refractivity (Wildman–Crippen MR) is 83.1 cm³/mol. The van der Waals surface area contributed by atoms with E-state index in [2.05, 4.69) is 21.4 Å². The number of hydrogen-bond acceptors (Lipinski definition) is 3. The molecule has 2 aromatic rings. The molecule has 2 unspecified atom stereocenters. The third kappa shape index (κ3) is 2.81. The number of rotatable bonds is 2. The SMILES string of the molecule is CC1=NC(=O)NC(c2ccc(F)c(-c3cccnc3)c2)C1C#N. The van der Waals surface area contributed by atoms with Crippen molar-refractivity contribution in [3.8, 4) is 17.2 Å². The zero-order valence-corrected chi connectivity index (χ0v) is 12.3. The predicted octanol–water partition coefficient (Wildman–Crippen LogP) is 3.25. The first kappa shape index (κ1) is 14.9. The number of nitriles is 1. The standard InChI is InChI=1S/C17H13FN4O/c1-10-14(8-19)16(22-17(23)21-10)11-4-5-15(18)13(7-11)12-3-2-6-20-9-12/h2-7,9,14,16H,1H3,(H,22,23). The summed E-state index contributed by atoms with van der Waals surface area (Å²) in [6, 6.07) is 9.11. The van der Waals surface area contributed by atoms with E-state index >= 15 is 0 Å². The van der Waals surface area contributed by atoms with Gasteiger partial charge in [-0.25, -0.2) is 14.2 Å². The lowest BCUT2D eigenvalue weighted by molar-refractivity contribution is 0.242. The Morgan fingerprint density at radius 2 is 2.17 bits per heavy atom. The van der Waals surface area contributed by atoms with Gasteiger partial charge in [0, 0.05) is 29.2 Å². The molecule has 5 nitrogen and oxygen atoms in total. The second kappa shape index (κ2) is 5.97. The van der Waals surface area contributed by atoms with Crippen LogP contribution in [0.2, 0.25) is 0 Å². The zero-order chi connectivity index (χ0) is 16.4.